The first-order chi connectivity index (χ1) is 10.0. The van der Waals surface area contributed by atoms with Crippen LogP contribution in [0.1, 0.15) is 20.1 Å². The van der Waals surface area contributed by atoms with Crippen molar-refractivity contribution in [2.24, 2.45) is 0 Å². The van der Waals surface area contributed by atoms with Crippen molar-refractivity contribution < 1.29 is 9.90 Å². The summed E-state index contributed by atoms with van der Waals surface area (Å²) >= 11 is 13.4. The third-order valence-corrected chi connectivity index (χ3v) is 4.34. The maximum atomic E-state index is 12.1. The number of hydrogen-bond donors (Lipinski definition) is 2. The Hall–Kier alpha value is -1.51. The summed E-state index contributed by atoms with van der Waals surface area (Å²) in [6.45, 7) is 1.63. The summed E-state index contributed by atoms with van der Waals surface area (Å²) in [5.74, 6) is 5.01. The largest absolute Gasteiger partial charge is 0.384 e. The Labute approximate surface area is 136 Å². The molecular formula is C15H11Cl2NO2S. The zero-order chi connectivity index (χ0) is 15.4. The van der Waals surface area contributed by atoms with E-state index in [2.05, 4.69) is 17.2 Å². The van der Waals surface area contributed by atoms with E-state index in [0.717, 1.165) is 5.56 Å². The summed E-state index contributed by atoms with van der Waals surface area (Å²) in [6.07, 6.45) is 0. The van der Waals surface area contributed by atoms with Crippen LogP contribution < -0.4 is 5.32 Å². The lowest BCUT2D eigenvalue weighted by Gasteiger charge is -2.08. The van der Waals surface area contributed by atoms with E-state index in [-0.39, 0.29) is 12.5 Å². The molecule has 0 aliphatic carbocycles. The molecule has 0 aliphatic rings. The highest BCUT2D eigenvalue weighted by Gasteiger charge is 2.12. The number of aryl methyl sites for hydroxylation is 1. The van der Waals surface area contributed by atoms with E-state index in [0.29, 0.717) is 25.5 Å². The summed E-state index contributed by atoms with van der Waals surface area (Å²) < 4.78 is 0. The van der Waals surface area contributed by atoms with Gasteiger partial charge in [0.05, 0.1) is 20.5 Å². The number of aliphatic hydroxyl groups is 1. The SMILES string of the molecule is Cc1cc(Cl)c(NC(=O)c2ccc(C#CCO)s2)cc1Cl. The topological polar surface area (TPSA) is 49.3 Å². The van der Waals surface area contributed by atoms with Gasteiger partial charge in [-0.2, -0.15) is 0 Å². The Kier molecular flexibility index (Phi) is 5.27. The second-order valence-electron chi connectivity index (χ2n) is 4.16. The lowest BCUT2D eigenvalue weighted by Crippen LogP contribution is -2.10. The first-order valence-corrected chi connectivity index (χ1v) is 7.55. The predicted octanol–water partition coefficient (Wildman–Crippen LogP) is 3.96. The molecular weight excluding hydrogens is 329 g/mol. The van der Waals surface area contributed by atoms with E-state index in [1.54, 1.807) is 24.3 Å². The molecule has 3 nitrogen and oxygen atoms in total. The average Bonchev–Trinajstić information content (AvgIpc) is 2.91. The smallest absolute Gasteiger partial charge is 0.265 e. The monoisotopic (exact) mass is 339 g/mol. The maximum absolute atomic E-state index is 12.1. The molecule has 1 aromatic heterocycles. The minimum absolute atomic E-state index is 0.211. The average molecular weight is 340 g/mol. The Morgan fingerprint density at radius 2 is 2.10 bits per heavy atom. The summed E-state index contributed by atoms with van der Waals surface area (Å²) in [4.78, 5) is 13.4. The normalized spacial score (nSPS) is 9.90. The fourth-order valence-corrected chi connectivity index (χ4v) is 2.78. The molecule has 0 spiro atoms. The van der Waals surface area contributed by atoms with Gasteiger partial charge in [0.25, 0.3) is 5.91 Å². The highest BCUT2D eigenvalue weighted by Crippen LogP contribution is 2.29. The number of aliphatic hydroxyl groups excluding tert-OH is 1. The van der Waals surface area contributed by atoms with E-state index in [9.17, 15) is 4.79 Å². The summed E-state index contributed by atoms with van der Waals surface area (Å²) in [5, 5.41) is 12.3. The summed E-state index contributed by atoms with van der Waals surface area (Å²) in [6, 6.07) is 6.72. The molecule has 0 fully saturated rings. The standard InChI is InChI=1S/C15H11Cl2NO2S/c1-9-7-12(17)13(8-11(9)16)18-15(20)14-5-4-10(21-14)3-2-6-19/h4-5,7-8,19H,6H2,1H3,(H,18,20). The van der Waals surface area contributed by atoms with E-state index < -0.39 is 0 Å². The summed E-state index contributed by atoms with van der Waals surface area (Å²) in [7, 11) is 0. The van der Waals surface area contributed by atoms with Crippen LogP contribution >= 0.6 is 34.5 Å². The lowest BCUT2D eigenvalue weighted by molar-refractivity contribution is 0.103. The molecule has 0 bridgehead atoms. The molecule has 1 amide bonds. The predicted molar refractivity (Wildman–Crippen MR) is 87.4 cm³/mol. The molecule has 0 saturated carbocycles. The van der Waals surface area contributed by atoms with Crippen LogP contribution in [0, 0.1) is 18.8 Å². The molecule has 2 rings (SSSR count). The molecule has 0 atom stereocenters. The molecule has 6 heteroatoms. The van der Waals surface area contributed by atoms with E-state index in [4.69, 9.17) is 28.3 Å². The molecule has 0 saturated heterocycles. The van der Waals surface area contributed by atoms with Crippen LogP contribution in [0.4, 0.5) is 5.69 Å². The number of hydrogen-bond acceptors (Lipinski definition) is 3. The first-order valence-electron chi connectivity index (χ1n) is 5.98. The molecule has 21 heavy (non-hydrogen) atoms. The number of amides is 1. The highest BCUT2D eigenvalue weighted by atomic mass is 35.5. The van der Waals surface area contributed by atoms with Gasteiger partial charge in [-0.25, -0.2) is 0 Å². The van der Waals surface area contributed by atoms with E-state index in [1.807, 2.05) is 6.92 Å². The van der Waals surface area contributed by atoms with Crippen LogP contribution in [-0.4, -0.2) is 17.6 Å². The van der Waals surface area contributed by atoms with Crippen LogP contribution in [0.25, 0.3) is 0 Å². The van der Waals surface area contributed by atoms with Crippen molar-refractivity contribution in [1.29, 1.82) is 0 Å². The first kappa shape index (κ1) is 15.9. The van der Waals surface area contributed by atoms with Gasteiger partial charge in [-0.1, -0.05) is 35.0 Å². The molecule has 0 radical (unpaired) electrons. The van der Waals surface area contributed by atoms with Crippen LogP contribution in [0.2, 0.25) is 10.0 Å². The van der Waals surface area contributed by atoms with Gasteiger partial charge in [0.15, 0.2) is 0 Å². The van der Waals surface area contributed by atoms with Crippen LogP contribution in [0.5, 0.6) is 0 Å². The molecule has 1 aromatic carbocycles. The third-order valence-electron chi connectivity index (χ3n) is 2.62. The number of thiophene rings is 1. The number of benzene rings is 1. The highest BCUT2D eigenvalue weighted by molar-refractivity contribution is 7.14. The number of anilines is 1. The zero-order valence-corrected chi connectivity index (χ0v) is 13.4. The quantitative estimate of drug-likeness (QED) is 0.813. The van der Waals surface area contributed by atoms with Crippen molar-refractivity contribution in [3.8, 4) is 11.8 Å². The van der Waals surface area contributed by atoms with Gasteiger partial charge in [-0.05, 0) is 36.8 Å². The number of carbonyl (C=O) groups is 1. The van der Waals surface area contributed by atoms with Crippen molar-refractivity contribution in [3.05, 3.63) is 49.6 Å². The van der Waals surface area contributed by atoms with E-state index in [1.165, 1.54) is 11.3 Å². The van der Waals surface area contributed by atoms with Crippen LogP contribution in [-0.2, 0) is 0 Å². The lowest BCUT2D eigenvalue weighted by atomic mass is 10.2. The fourth-order valence-electron chi connectivity index (χ4n) is 1.58. The molecule has 2 N–H and O–H groups in total. The Morgan fingerprint density at radius 1 is 1.33 bits per heavy atom. The number of nitrogens with one attached hydrogen (secondary N) is 1. The molecule has 1 heterocycles. The van der Waals surface area contributed by atoms with Gasteiger partial charge in [-0.15, -0.1) is 11.3 Å². The van der Waals surface area contributed by atoms with Crippen LogP contribution in [0.3, 0.4) is 0 Å². The minimum atomic E-state index is -0.279. The second-order valence-corrected chi connectivity index (χ2v) is 6.06. The Morgan fingerprint density at radius 3 is 2.81 bits per heavy atom. The third kappa shape index (κ3) is 3.99. The van der Waals surface area contributed by atoms with Crippen molar-refractivity contribution in [1.82, 2.24) is 0 Å². The van der Waals surface area contributed by atoms with Crippen molar-refractivity contribution in [3.63, 3.8) is 0 Å². The van der Waals surface area contributed by atoms with Crippen molar-refractivity contribution in [2.75, 3.05) is 11.9 Å². The second kappa shape index (κ2) is 6.97. The molecule has 0 unspecified atom stereocenters. The number of halogens is 2. The maximum Gasteiger partial charge on any atom is 0.265 e. The van der Waals surface area contributed by atoms with Crippen molar-refractivity contribution >= 4 is 46.1 Å². The Bertz CT molecular complexity index is 744. The molecule has 2 aromatic rings. The van der Waals surface area contributed by atoms with Gasteiger partial charge < -0.3 is 10.4 Å². The van der Waals surface area contributed by atoms with Crippen molar-refractivity contribution in [2.45, 2.75) is 6.92 Å². The fraction of sp³-hybridized carbons (Fsp3) is 0.133. The van der Waals surface area contributed by atoms with Gasteiger partial charge in [0, 0.05) is 5.02 Å². The van der Waals surface area contributed by atoms with Crippen LogP contribution in [0.15, 0.2) is 24.3 Å². The Balaban J connectivity index is 2.18. The number of rotatable bonds is 2. The van der Waals surface area contributed by atoms with Gasteiger partial charge >= 0.3 is 0 Å². The molecule has 108 valence electrons. The van der Waals surface area contributed by atoms with Gasteiger partial charge in [-0.3, -0.25) is 4.79 Å². The zero-order valence-electron chi connectivity index (χ0n) is 11.0. The van der Waals surface area contributed by atoms with E-state index >= 15 is 0 Å². The number of carbonyl (C=O) groups excluding carboxylic acids is 1. The summed E-state index contributed by atoms with van der Waals surface area (Å²) in [5.41, 5.74) is 1.31. The molecule has 0 aliphatic heterocycles. The van der Waals surface area contributed by atoms with Gasteiger partial charge in [0.2, 0.25) is 0 Å². The minimum Gasteiger partial charge on any atom is -0.384 e. The van der Waals surface area contributed by atoms with Gasteiger partial charge in [0.1, 0.15) is 6.61 Å².